The van der Waals surface area contributed by atoms with E-state index < -0.39 is 0 Å². The summed E-state index contributed by atoms with van der Waals surface area (Å²) >= 11 is 6.33. The van der Waals surface area contributed by atoms with E-state index in [0.717, 1.165) is 68.9 Å². The van der Waals surface area contributed by atoms with Crippen molar-refractivity contribution in [3.05, 3.63) is 53.6 Å². The Morgan fingerprint density at radius 3 is 2.27 bits per heavy atom. The fourth-order valence-electron chi connectivity index (χ4n) is 4.05. The first-order valence-corrected chi connectivity index (χ1v) is 11.0. The van der Waals surface area contributed by atoms with Crippen LogP contribution in [-0.2, 0) is 9.53 Å². The van der Waals surface area contributed by atoms with E-state index >= 15 is 0 Å². The predicted molar refractivity (Wildman–Crippen MR) is 123 cm³/mol. The Morgan fingerprint density at radius 2 is 1.60 bits per heavy atom. The van der Waals surface area contributed by atoms with Crippen LogP contribution in [0, 0.1) is 0 Å². The highest BCUT2D eigenvalue weighted by atomic mass is 35.5. The van der Waals surface area contributed by atoms with Gasteiger partial charge in [0.1, 0.15) is 0 Å². The molecule has 0 aliphatic carbocycles. The minimum Gasteiger partial charge on any atom is -0.378 e. The van der Waals surface area contributed by atoms with Gasteiger partial charge in [-0.05, 0) is 43.3 Å². The first kappa shape index (κ1) is 21.0. The molecule has 160 valence electrons. The van der Waals surface area contributed by atoms with Gasteiger partial charge in [0.2, 0.25) is 5.91 Å². The molecule has 0 spiro atoms. The summed E-state index contributed by atoms with van der Waals surface area (Å²) in [5.41, 5.74) is 3.06. The Morgan fingerprint density at radius 1 is 0.933 bits per heavy atom. The summed E-state index contributed by atoms with van der Waals surface area (Å²) in [7, 11) is 0. The molecule has 1 amide bonds. The lowest BCUT2D eigenvalue weighted by molar-refractivity contribution is -0.120. The van der Waals surface area contributed by atoms with Gasteiger partial charge in [0.25, 0.3) is 0 Å². The van der Waals surface area contributed by atoms with Gasteiger partial charge in [0.15, 0.2) is 0 Å². The maximum Gasteiger partial charge on any atom is 0.241 e. The third-order valence-corrected chi connectivity index (χ3v) is 6.27. The number of piperazine rings is 1. The lowest BCUT2D eigenvalue weighted by Crippen LogP contribution is -2.52. The van der Waals surface area contributed by atoms with Gasteiger partial charge in [-0.1, -0.05) is 23.7 Å². The van der Waals surface area contributed by atoms with Crippen molar-refractivity contribution in [1.29, 1.82) is 0 Å². The molecule has 2 aliphatic rings. The van der Waals surface area contributed by atoms with E-state index in [1.807, 2.05) is 37.3 Å². The van der Waals surface area contributed by atoms with Crippen molar-refractivity contribution >= 4 is 34.6 Å². The number of benzene rings is 2. The molecular formula is C23H29ClN4O2. The third-order valence-electron chi connectivity index (χ3n) is 5.95. The van der Waals surface area contributed by atoms with Crippen LogP contribution in [0.1, 0.15) is 6.92 Å². The molecule has 30 heavy (non-hydrogen) atoms. The molecule has 0 aromatic heterocycles. The Balaban J connectivity index is 1.29. The van der Waals surface area contributed by atoms with Crippen LogP contribution >= 0.6 is 11.6 Å². The number of ether oxygens (including phenoxy) is 1. The monoisotopic (exact) mass is 428 g/mol. The Bertz CT molecular complexity index is 847. The van der Waals surface area contributed by atoms with E-state index in [9.17, 15) is 4.79 Å². The van der Waals surface area contributed by atoms with E-state index in [2.05, 4.69) is 38.2 Å². The summed E-state index contributed by atoms with van der Waals surface area (Å²) in [6, 6.07) is 15.8. The van der Waals surface area contributed by atoms with Crippen LogP contribution in [0.5, 0.6) is 0 Å². The lowest BCUT2D eigenvalue weighted by atomic mass is 10.2. The van der Waals surface area contributed by atoms with Gasteiger partial charge in [-0.3, -0.25) is 9.69 Å². The number of carbonyl (C=O) groups is 1. The van der Waals surface area contributed by atoms with Crippen LogP contribution in [0.4, 0.5) is 17.1 Å². The zero-order valence-corrected chi connectivity index (χ0v) is 18.1. The first-order valence-electron chi connectivity index (χ1n) is 10.6. The lowest BCUT2D eigenvalue weighted by Gasteiger charge is -2.38. The number of halogens is 1. The van der Waals surface area contributed by atoms with Gasteiger partial charge < -0.3 is 19.9 Å². The van der Waals surface area contributed by atoms with E-state index in [0.29, 0.717) is 0 Å². The topological polar surface area (TPSA) is 48.1 Å². The van der Waals surface area contributed by atoms with Gasteiger partial charge >= 0.3 is 0 Å². The number of hydrogen-bond acceptors (Lipinski definition) is 5. The minimum atomic E-state index is -0.183. The maximum absolute atomic E-state index is 12.8. The van der Waals surface area contributed by atoms with Crippen molar-refractivity contribution < 1.29 is 9.53 Å². The number of carbonyl (C=O) groups excluding carboxylic acids is 1. The standard InChI is InChI=1S/C23H29ClN4O2/c1-18(26-10-12-28(13-11-26)22-5-3-2-4-21(22)24)23(29)25-19-6-8-20(9-7-19)27-14-16-30-17-15-27/h2-9,18H,10-17H2,1H3,(H,25,29). The second-order valence-corrected chi connectivity index (χ2v) is 8.19. The fraction of sp³-hybridized carbons (Fsp3) is 0.435. The number of anilines is 3. The minimum absolute atomic E-state index is 0.0281. The molecule has 0 bridgehead atoms. The van der Waals surface area contributed by atoms with E-state index in [-0.39, 0.29) is 11.9 Å². The summed E-state index contributed by atoms with van der Waals surface area (Å²) in [5.74, 6) is 0.0281. The number of nitrogens with one attached hydrogen (secondary N) is 1. The summed E-state index contributed by atoms with van der Waals surface area (Å²) in [6.07, 6.45) is 0. The van der Waals surface area contributed by atoms with Crippen LogP contribution in [0.2, 0.25) is 5.02 Å². The van der Waals surface area contributed by atoms with Crippen molar-refractivity contribution in [2.75, 3.05) is 67.6 Å². The van der Waals surface area contributed by atoms with Crippen LogP contribution in [0.25, 0.3) is 0 Å². The third kappa shape index (κ3) is 4.89. The number of para-hydroxylation sites is 1. The van der Waals surface area contributed by atoms with Gasteiger partial charge in [-0.15, -0.1) is 0 Å². The summed E-state index contributed by atoms with van der Waals surface area (Å²) in [6.45, 7) is 8.69. The molecule has 2 aromatic rings. The molecule has 2 fully saturated rings. The summed E-state index contributed by atoms with van der Waals surface area (Å²) in [5, 5.41) is 3.84. The van der Waals surface area contributed by atoms with Gasteiger partial charge in [-0.25, -0.2) is 0 Å². The Labute approximate surface area is 183 Å². The zero-order chi connectivity index (χ0) is 20.9. The molecular weight excluding hydrogens is 400 g/mol. The zero-order valence-electron chi connectivity index (χ0n) is 17.4. The SMILES string of the molecule is CC(C(=O)Nc1ccc(N2CCOCC2)cc1)N1CCN(c2ccccc2Cl)CC1. The van der Waals surface area contributed by atoms with E-state index in [1.54, 1.807) is 0 Å². The highest BCUT2D eigenvalue weighted by Crippen LogP contribution is 2.26. The fourth-order valence-corrected chi connectivity index (χ4v) is 4.30. The molecule has 2 aromatic carbocycles. The molecule has 0 radical (unpaired) electrons. The highest BCUT2D eigenvalue weighted by Gasteiger charge is 2.26. The van der Waals surface area contributed by atoms with Gasteiger partial charge in [0, 0.05) is 50.6 Å². The van der Waals surface area contributed by atoms with Crippen LogP contribution in [0.3, 0.4) is 0 Å². The molecule has 1 unspecified atom stereocenters. The Hall–Kier alpha value is -2.28. The van der Waals surface area contributed by atoms with Crippen molar-refractivity contribution in [2.24, 2.45) is 0 Å². The number of rotatable bonds is 5. The Kier molecular flexibility index (Phi) is 6.77. The van der Waals surface area contributed by atoms with Crippen LogP contribution in [0.15, 0.2) is 48.5 Å². The van der Waals surface area contributed by atoms with Crippen molar-refractivity contribution in [3.63, 3.8) is 0 Å². The molecule has 2 heterocycles. The molecule has 1 atom stereocenters. The van der Waals surface area contributed by atoms with Crippen molar-refractivity contribution in [1.82, 2.24) is 4.90 Å². The quantitative estimate of drug-likeness (QED) is 0.791. The summed E-state index contributed by atoms with van der Waals surface area (Å²) < 4.78 is 5.41. The molecule has 6 nitrogen and oxygen atoms in total. The molecule has 4 rings (SSSR count). The van der Waals surface area contributed by atoms with Crippen molar-refractivity contribution in [3.8, 4) is 0 Å². The molecule has 2 saturated heterocycles. The number of amides is 1. The molecule has 0 saturated carbocycles. The van der Waals surface area contributed by atoms with E-state index in [1.165, 1.54) is 5.69 Å². The smallest absolute Gasteiger partial charge is 0.241 e. The maximum atomic E-state index is 12.8. The second kappa shape index (κ2) is 9.69. The average molecular weight is 429 g/mol. The average Bonchev–Trinajstić information content (AvgIpc) is 2.80. The van der Waals surface area contributed by atoms with Crippen molar-refractivity contribution in [2.45, 2.75) is 13.0 Å². The highest BCUT2D eigenvalue weighted by molar-refractivity contribution is 6.33. The van der Waals surface area contributed by atoms with Crippen LogP contribution in [-0.4, -0.2) is 69.3 Å². The van der Waals surface area contributed by atoms with Crippen LogP contribution < -0.4 is 15.1 Å². The molecule has 1 N–H and O–H groups in total. The van der Waals surface area contributed by atoms with E-state index in [4.69, 9.17) is 16.3 Å². The van der Waals surface area contributed by atoms with Gasteiger partial charge in [-0.2, -0.15) is 0 Å². The largest absolute Gasteiger partial charge is 0.378 e. The number of hydrogen-bond donors (Lipinski definition) is 1. The summed E-state index contributed by atoms with van der Waals surface area (Å²) in [4.78, 5) is 19.6. The predicted octanol–water partition coefficient (Wildman–Crippen LogP) is 3.33. The number of nitrogens with zero attached hydrogens (tertiary/aromatic N) is 3. The molecule has 2 aliphatic heterocycles. The van der Waals surface area contributed by atoms with Gasteiger partial charge in [0.05, 0.1) is 30.0 Å². The second-order valence-electron chi connectivity index (χ2n) is 7.79. The number of morpholine rings is 1. The molecule has 7 heteroatoms. The normalized spacial score (nSPS) is 18.9. The first-order chi connectivity index (χ1) is 14.6.